The molecule has 162 valence electrons. The highest BCUT2D eigenvalue weighted by Gasteiger charge is 2.22. The van der Waals surface area contributed by atoms with Gasteiger partial charge in [0.2, 0.25) is 5.91 Å². The van der Waals surface area contributed by atoms with Gasteiger partial charge in [0.05, 0.1) is 24.9 Å². The van der Waals surface area contributed by atoms with Crippen molar-refractivity contribution in [1.82, 2.24) is 9.88 Å². The van der Waals surface area contributed by atoms with Crippen molar-refractivity contribution in [2.45, 2.75) is 40.3 Å². The monoisotopic (exact) mass is 422 g/mol. The van der Waals surface area contributed by atoms with Crippen molar-refractivity contribution < 1.29 is 13.6 Å². The Kier molecular flexibility index (Phi) is 6.93. The number of amides is 1. The van der Waals surface area contributed by atoms with E-state index in [1.807, 2.05) is 38.3 Å². The van der Waals surface area contributed by atoms with Crippen molar-refractivity contribution in [2.75, 3.05) is 11.9 Å². The Morgan fingerprint density at radius 3 is 2.52 bits per heavy atom. The summed E-state index contributed by atoms with van der Waals surface area (Å²) in [6.07, 6.45) is 1.59. The normalized spacial score (nSPS) is 12.0. The standard InChI is InChI=1S/C24H27FN4O2/c1-15(2)23(18-7-9-19(25)10-8-18)27-13-22(30)28-24-21(12-26)16(3)17(4)29(24)14-20-6-5-11-31-20/h5-11,15,23,27H,13-14H2,1-4H3,(H,28,30)/t23-/m0/s1. The van der Waals surface area contributed by atoms with Gasteiger partial charge < -0.3 is 19.6 Å². The molecule has 2 heterocycles. The molecule has 1 atom stereocenters. The van der Waals surface area contributed by atoms with Crippen LogP contribution in [-0.4, -0.2) is 17.0 Å². The molecule has 0 bridgehead atoms. The van der Waals surface area contributed by atoms with E-state index in [0.717, 1.165) is 22.6 Å². The molecule has 0 radical (unpaired) electrons. The molecule has 0 fully saturated rings. The number of benzene rings is 1. The molecule has 0 spiro atoms. The number of aromatic nitrogens is 1. The first-order valence-electron chi connectivity index (χ1n) is 10.2. The van der Waals surface area contributed by atoms with Gasteiger partial charge in [0.1, 0.15) is 23.5 Å². The summed E-state index contributed by atoms with van der Waals surface area (Å²) in [5, 5.41) is 15.8. The van der Waals surface area contributed by atoms with E-state index in [4.69, 9.17) is 4.42 Å². The number of hydrogen-bond acceptors (Lipinski definition) is 4. The molecule has 7 heteroatoms. The fraction of sp³-hybridized carbons (Fsp3) is 0.333. The molecule has 0 saturated carbocycles. The predicted octanol–water partition coefficient (Wildman–Crippen LogP) is 4.68. The van der Waals surface area contributed by atoms with E-state index < -0.39 is 0 Å². The third-order valence-corrected chi connectivity index (χ3v) is 5.47. The molecule has 2 aromatic heterocycles. The van der Waals surface area contributed by atoms with Gasteiger partial charge in [-0.1, -0.05) is 26.0 Å². The second-order valence-corrected chi connectivity index (χ2v) is 7.91. The quantitative estimate of drug-likeness (QED) is 0.552. The molecular formula is C24H27FN4O2. The first-order chi connectivity index (χ1) is 14.8. The highest BCUT2D eigenvalue weighted by molar-refractivity contribution is 5.93. The Bertz CT molecular complexity index is 1080. The summed E-state index contributed by atoms with van der Waals surface area (Å²) < 4.78 is 20.6. The van der Waals surface area contributed by atoms with Crippen molar-refractivity contribution in [3.63, 3.8) is 0 Å². The van der Waals surface area contributed by atoms with Crippen LogP contribution in [0.5, 0.6) is 0 Å². The highest BCUT2D eigenvalue weighted by Crippen LogP contribution is 2.27. The van der Waals surface area contributed by atoms with Gasteiger partial charge in [-0.2, -0.15) is 5.26 Å². The Morgan fingerprint density at radius 1 is 1.23 bits per heavy atom. The van der Waals surface area contributed by atoms with Crippen LogP contribution in [0.2, 0.25) is 0 Å². The van der Waals surface area contributed by atoms with Crippen LogP contribution in [0.15, 0.2) is 47.1 Å². The van der Waals surface area contributed by atoms with Crippen LogP contribution in [0.3, 0.4) is 0 Å². The van der Waals surface area contributed by atoms with Gasteiger partial charge >= 0.3 is 0 Å². The molecule has 31 heavy (non-hydrogen) atoms. The third-order valence-electron chi connectivity index (χ3n) is 5.47. The number of anilines is 1. The number of halogens is 1. The molecule has 6 nitrogen and oxygen atoms in total. The van der Waals surface area contributed by atoms with Crippen LogP contribution < -0.4 is 10.6 Å². The Labute approximate surface area is 181 Å². The summed E-state index contributed by atoms with van der Waals surface area (Å²) >= 11 is 0. The summed E-state index contributed by atoms with van der Waals surface area (Å²) in [5.41, 5.74) is 3.07. The maximum absolute atomic E-state index is 13.3. The number of carbonyl (C=O) groups is 1. The largest absolute Gasteiger partial charge is 0.467 e. The lowest BCUT2D eigenvalue weighted by atomic mass is 9.96. The van der Waals surface area contributed by atoms with Gasteiger partial charge in [-0.15, -0.1) is 0 Å². The molecule has 1 amide bonds. The Hall–Kier alpha value is -3.37. The maximum atomic E-state index is 13.3. The summed E-state index contributed by atoms with van der Waals surface area (Å²) in [4.78, 5) is 12.8. The summed E-state index contributed by atoms with van der Waals surface area (Å²) in [6, 6.07) is 12.0. The van der Waals surface area contributed by atoms with E-state index >= 15 is 0 Å². The van der Waals surface area contributed by atoms with Crippen LogP contribution in [0.4, 0.5) is 10.2 Å². The topological polar surface area (TPSA) is 83.0 Å². The number of carbonyl (C=O) groups excluding carboxylic acids is 1. The van der Waals surface area contributed by atoms with E-state index in [1.165, 1.54) is 12.1 Å². The molecule has 0 saturated heterocycles. The summed E-state index contributed by atoms with van der Waals surface area (Å²) in [6.45, 7) is 8.31. The molecule has 0 aliphatic carbocycles. The maximum Gasteiger partial charge on any atom is 0.239 e. The van der Waals surface area contributed by atoms with Crippen LogP contribution in [0, 0.1) is 36.9 Å². The smallest absolute Gasteiger partial charge is 0.239 e. The minimum Gasteiger partial charge on any atom is -0.467 e. The number of nitriles is 1. The first-order valence-corrected chi connectivity index (χ1v) is 10.2. The number of hydrogen-bond donors (Lipinski definition) is 2. The summed E-state index contributed by atoms with van der Waals surface area (Å²) in [5.74, 6) is 0.828. The molecule has 0 aliphatic heterocycles. The van der Waals surface area contributed by atoms with Crippen LogP contribution in [-0.2, 0) is 11.3 Å². The van der Waals surface area contributed by atoms with Crippen LogP contribution in [0.25, 0.3) is 0 Å². The highest BCUT2D eigenvalue weighted by atomic mass is 19.1. The van der Waals surface area contributed by atoms with Crippen LogP contribution in [0.1, 0.15) is 48.0 Å². The lowest BCUT2D eigenvalue weighted by molar-refractivity contribution is -0.115. The number of nitrogens with one attached hydrogen (secondary N) is 2. The fourth-order valence-corrected chi connectivity index (χ4v) is 3.67. The van der Waals surface area contributed by atoms with E-state index in [0.29, 0.717) is 17.9 Å². The lowest BCUT2D eigenvalue weighted by Crippen LogP contribution is -2.34. The molecule has 2 N–H and O–H groups in total. The molecule has 1 aromatic carbocycles. The first kappa shape index (κ1) is 22.3. The van der Waals surface area contributed by atoms with E-state index in [9.17, 15) is 14.4 Å². The van der Waals surface area contributed by atoms with Crippen molar-refractivity contribution in [1.29, 1.82) is 5.26 Å². The van der Waals surface area contributed by atoms with Gasteiger partial charge in [0, 0.05) is 11.7 Å². The molecule has 3 rings (SSSR count). The number of furan rings is 1. The minimum absolute atomic E-state index is 0.0507. The van der Waals surface area contributed by atoms with E-state index in [2.05, 4.69) is 16.7 Å². The second kappa shape index (κ2) is 9.63. The molecule has 0 unspecified atom stereocenters. The van der Waals surface area contributed by atoms with Gasteiger partial charge in [0.25, 0.3) is 0 Å². The van der Waals surface area contributed by atoms with Crippen molar-refractivity contribution >= 4 is 11.7 Å². The molecule has 3 aromatic rings. The average molecular weight is 423 g/mol. The average Bonchev–Trinajstić information content (AvgIpc) is 3.32. The van der Waals surface area contributed by atoms with Crippen molar-refractivity contribution in [3.05, 3.63) is 76.6 Å². The van der Waals surface area contributed by atoms with Gasteiger partial charge in [-0.25, -0.2) is 4.39 Å². The Balaban J connectivity index is 1.77. The van der Waals surface area contributed by atoms with E-state index in [-0.39, 0.29) is 30.2 Å². The van der Waals surface area contributed by atoms with Crippen molar-refractivity contribution in [2.24, 2.45) is 5.92 Å². The zero-order chi connectivity index (χ0) is 22.5. The number of rotatable bonds is 8. The molecular weight excluding hydrogens is 395 g/mol. The second-order valence-electron chi connectivity index (χ2n) is 7.91. The van der Waals surface area contributed by atoms with Gasteiger partial charge in [-0.05, 0) is 55.2 Å². The predicted molar refractivity (Wildman–Crippen MR) is 117 cm³/mol. The summed E-state index contributed by atoms with van der Waals surface area (Å²) in [7, 11) is 0. The zero-order valence-corrected chi connectivity index (χ0v) is 18.2. The van der Waals surface area contributed by atoms with Crippen molar-refractivity contribution in [3.8, 4) is 6.07 Å². The SMILES string of the molecule is Cc1c(C#N)c(NC(=O)CN[C@H](c2ccc(F)cc2)C(C)C)n(Cc2ccco2)c1C. The van der Waals surface area contributed by atoms with Gasteiger partial charge in [0.15, 0.2) is 0 Å². The lowest BCUT2D eigenvalue weighted by Gasteiger charge is -2.23. The number of nitrogens with zero attached hydrogens (tertiary/aromatic N) is 2. The molecule has 0 aliphatic rings. The van der Waals surface area contributed by atoms with Crippen LogP contribution >= 0.6 is 0 Å². The fourth-order valence-electron chi connectivity index (χ4n) is 3.67. The Morgan fingerprint density at radius 2 is 1.94 bits per heavy atom. The van der Waals surface area contributed by atoms with Gasteiger partial charge in [-0.3, -0.25) is 4.79 Å². The van der Waals surface area contributed by atoms with E-state index in [1.54, 1.807) is 24.5 Å². The minimum atomic E-state index is -0.295. The third kappa shape index (κ3) is 5.04. The zero-order valence-electron chi connectivity index (χ0n) is 18.2.